The number of halogens is 1. The molecule has 27 heavy (non-hydrogen) atoms. The number of thioether (sulfide) groups is 1. The van der Waals surface area contributed by atoms with Crippen LogP contribution in [0.25, 0.3) is 11.5 Å². The van der Waals surface area contributed by atoms with Gasteiger partial charge in [0.05, 0.1) is 11.4 Å². The van der Waals surface area contributed by atoms with Crippen LogP contribution in [-0.2, 0) is 10.5 Å². The lowest BCUT2D eigenvalue weighted by Gasteiger charge is -2.34. The Morgan fingerprint density at radius 3 is 2.78 bits per heavy atom. The summed E-state index contributed by atoms with van der Waals surface area (Å²) < 4.78 is 5.78. The SMILES string of the molecule is Cc1oc(-c2ccc(Cl)cc2)nc1CSCC(=O)NC1CCCC(C)C1C. The number of benzene rings is 1. The van der Waals surface area contributed by atoms with E-state index in [2.05, 4.69) is 24.1 Å². The molecule has 3 unspecified atom stereocenters. The van der Waals surface area contributed by atoms with E-state index < -0.39 is 0 Å². The normalized spacial score (nSPS) is 22.6. The molecule has 6 heteroatoms. The number of oxazole rings is 1. The number of carbonyl (C=O) groups is 1. The maximum Gasteiger partial charge on any atom is 0.230 e. The number of rotatable bonds is 6. The van der Waals surface area contributed by atoms with Crippen LogP contribution in [0.15, 0.2) is 28.7 Å². The van der Waals surface area contributed by atoms with Crippen LogP contribution in [0.2, 0.25) is 5.02 Å². The van der Waals surface area contributed by atoms with Gasteiger partial charge in [-0.15, -0.1) is 11.8 Å². The number of amides is 1. The number of carbonyl (C=O) groups excluding carboxylic acids is 1. The van der Waals surface area contributed by atoms with E-state index in [9.17, 15) is 4.79 Å². The summed E-state index contributed by atoms with van der Waals surface area (Å²) in [5, 5.41) is 3.91. The quantitative estimate of drug-likeness (QED) is 0.690. The van der Waals surface area contributed by atoms with Gasteiger partial charge < -0.3 is 9.73 Å². The van der Waals surface area contributed by atoms with Gasteiger partial charge in [-0.3, -0.25) is 4.79 Å². The predicted molar refractivity (Wildman–Crippen MR) is 112 cm³/mol. The summed E-state index contributed by atoms with van der Waals surface area (Å²) in [7, 11) is 0. The molecule has 0 aliphatic heterocycles. The molecule has 1 N–H and O–H groups in total. The van der Waals surface area contributed by atoms with E-state index in [0.717, 1.165) is 23.4 Å². The van der Waals surface area contributed by atoms with E-state index >= 15 is 0 Å². The van der Waals surface area contributed by atoms with Crippen molar-refractivity contribution in [3.63, 3.8) is 0 Å². The highest BCUT2D eigenvalue weighted by Crippen LogP contribution is 2.30. The summed E-state index contributed by atoms with van der Waals surface area (Å²) in [6.45, 7) is 6.44. The number of aryl methyl sites for hydroxylation is 1. The molecule has 0 radical (unpaired) electrons. The molecule has 0 saturated heterocycles. The van der Waals surface area contributed by atoms with Crippen molar-refractivity contribution < 1.29 is 9.21 Å². The Kier molecular flexibility index (Phi) is 6.88. The molecule has 1 aromatic heterocycles. The largest absolute Gasteiger partial charge is 0.441 e. The molecule has 1 fully saturated rings. The van der Waals surface area contributed by atoms with Crippen molar-refractivity contribution in [1.82, 2.24) is 10.3 Å². The van der Waals surface area contributed by atoms with Gasteiger partial charge >= 0.3 is 0 Å². The van der Waals surface area contributed by atoms with Gasteiger partial charge in [-0.05, 0) is 49.4 Å². The molecular formula is C21H27ClN2O2S. The first-order chi connectivity index (χ1) is 12.9. The Bertz CT molecular complexity index is 775. The summed E-state index contributed by atoms with van der Waals surface area (Å²) in [5.41, 5.74) is 1.79. The smallest absolute Gasteiger partial charge is 0.230 e. The Labute approximate surface area is 170 Å². The average Bonchev–Trinajstić information content (AvgIpc) is 3.00. The van der Waals surface area contributed by atoms with E-state index in [0.29, 0.717) is 40.3 Å². The molecule has 1 aromatic carbocycles. The van der Waals surface area contributed by atoms with Crippen LogP contribution in [0.3, 0.4) is 0 Å². The van der Waals surface area contributed by atoms with Gasteiger partial charge in [-0.2, -0.15) is 0 Å². The van der Waals surface area contributed by atoms with Gasteiger partial charge in [0.2, 0.25) is 11.8 Å². The molecule has 4 nitrogen and oxygen atoms in total. The van der Waals surface area contributed by atoms with Crippen molar-refractivity contribution in [2.24, 2.45) is 11.8 Å². The first-order valence-electron chi connectivity index (χ1n) is 9.53. The summed E-state index contributed by atoms with van der Waals surface area (Å²) in [5.74, 6) is 3.84. The third-order valence-electron chi connectivity index (χ3n) is 5.51. The zero-order valence-corrected chi connectivity index (χ0v) is 17.7. The third-order valence-corrected chi connectivity index (χ3v) is 6.70. The molecule has 2 aromatic rings. The van der Waals surface area contributed by atoms with Crippen molar-refractivity contribution in [3.05, 3.63) is 40.7 Å². The minimum atomic E-state index is 0.116. The van der Waals surface area contributed by atoms with Gasteiger partial charge in [-0.25, -0.2) is 4.98 Å². The van der Waals surface area contributed by atoms with Crippen LogP contribution in [0.1, 0.15) is 44.6 Å². The van der Waals surface area contributed by atoms with Crippen molar-refractivity contribution >= 4 is 29.3 Å². The van der Waals surface area contributed by atoms with E-state index in [1.54, 1.807) is 11.8 Å². The molecule has 3 atom stereocenters. The number of nitrogens with one attached hydrogen (secondary N) is 1. The van der Waals surface area contributed by atoms with Crippen molar-refractivity contribution in [2.45, 2.75) is 51.8 Å². The van der Waals surface area contributed by atoms with E-state index in [1.807, 2.05) is 31.2 Å². The van der Waals surface area contributed by atoms with E-state index in [-0.39, 0.29) is 5.91 Å². The molecule has 0 bridgehead atoms. The highest BCUT2D eigenvalue weighted by Gasteiger charge is 2.28. The minimum absolute atomic E-state index is 0.116. The number of nitrogens with zero attached hydrogens (tertiary/aromatic N) is 1. The molecule has 146 valence electrons. The molecular weight excluding hydrogens is 380 g/mol. The standard InChI is InChI=1S/C21H27ClN2O2S/c1-13-5-4-6-18(14(13)2)23-20(25)12-27-11-19-15(3)26-21(24-19)16-7-9-17(22)10-8-16/h7-10,13-14,18H,4-6,11-12H2,1-3H3,(H,23,25). The number of hydrogen-bond donors (Lipinski definition) is 1. The average molecular weight is 407 g/mol. The van der Waals surface area contributed by atoms with Crippen molar-refractivity contribution in [3.8, 4) is 11.5 Å². The lowest BCUT2D eigenvalue weighted by molar-refractivity contribution is -0.119. The summed E-state index contributed by atoms with van der Waals surface area (Å²) >= 11 is 7.50. The van der Waals surface area contributed by atoms with Crippen LogP contribution in [0.4, 0.5) is 0 Å². The first-order valence-corrected chi connectivity index (χ1v) is 11.1. The van der Waals surface area contributed by atoms with Gasteiger partial charge in [0.1, 0.15) is 5.76 Å². The van der Waals surface area contributed by atoms with Gasteiger partial charge in [-0.1, -0.05) is 38.3 Å². The van der Waals surface area contributed by atoms with Gasteiger partial charge in [0, 0.05) is 22.4 Å². The molecule has 3 rings (SSSR count). The Hall–Kier alpha value is -1.46. The Morgan fingerprint density at radius 2 is 2.04 bits per heavy atom. The molecule has 1 heterocycles. The van der Waals surface area contributed by atoms with Crippen LogP contribution < -0.4 is 5.32 Å². The zero-order valence-electron chi connectivity index (χ0n) is 16.1. The fourth-order valence-electron chi connectivity index (χ4n) is 3.55. The van der Waals surface area contributed by atoms with Crippen LogP contribution in [0.5, 0.6) is 0 Å². The molecule has 1 amide bonds. The second kappa shape index (κ2) is 9.16. The topological polar surface area (TPSA) is 55.1 Å². The van der Waals surface area contributed by atoms with E-state index in [1.165, 1.54) is 12.8 Å². The van der Waals surface area contributed by atoms with Gasteiger partial charge in [0.15, 0.2) is 0 Å². The van der Waals surface area contributed by atoms with Crippen molar-refractivity contribution in [2.75, 3.05) is 5.75 Å². The van der Waals surface area contributed by atoms with Gasteiger partial charge in [0.25, 0.3) is 0 Å². The van der Waals surface area contributed by atoms with Crippen LogP contribution in [-0.4, -0.2) is 22.7 Å². The molecule has 1 aliphatic carbocycles. The van der Waals surface area contributed by atoms with Crippen LogP contribution in [0, 0.1) is 18.8 Å². The predicted octanol–water partition coefficient (Wildman–Crippen LogP) is 5.48. The second-order valence-electron chi connectivity index (χ2n) is 7.46. The highest BCUT2D eigenvalue weighted by molar-refractivity contribution is 7.99. The fraction of sp³-hybridized carbons (Fsp3) is 0.524. The van der Waals surface area contributed by atoms with Crippen LogP contribution >= 0.6 is 23.4 Å². The lowest BCUT2D eigenvalue weighted by atomic mass is 9.78. The number of hydrogen-bond acceptors (Lipinski definition) is 4. The Morgan fingerprint density at radius 1 is 1.30 bits per heavy atom. The maximum atomic E-state index is 12.3. The van der Waals surface area contributed by atoms with Crippen molar-refractivity contribution in [1.29, 1.82) is 0 Å². The molecule has 1 aliphatic rings. The first kappa shape index (κ1) is 20.3. The van der Waals surface area contributed by atoms with E-state index in [4.69, 9.17) is 16.0 Å². The highest BCUT2D eigenvalue weighted by atomic mass is 35.5. The molecule has 1 saturated carbocycles. The zero-order chi connectivity index (χ0) is 19.4. The maximum absolute atomic E-state index is 12.3. The summed E-state index contributed by atoms with van der Waals surface area (Å²) in [6, 6.07) is 7.74. The summed E-state index contributed by atoms with van der Waals surface area (Å²) in [4.78, 5) is 16.9. The third kappa shape index (κ3) is 5.29. The summed E-state index contributed by atoms with van der Waals surface area (Å²) in [6.07, 6.45) is 3.56. The molecule has 0 spiro atoms. The lowest BCUT2D eigenvalue weighted by Crippen LogP contribution is -2.44. The minimum Gasteiger partial charge on any atom is -0.441 e. The second-order valence-corrected chi connectivity index (χ2v) is 8.88. The monoisotopic (exact) mass is 406 g/mol. The fourth-order valence-corrected chi connectivity index (χ4v) is 4.51. The number of aromatic nitrogens is 1. The Balaban J connectivity index is 1.50.